The average molecular weight is 411 g/mol. The van der Waals surface area contributed by atoms with Crippen LogP contribution >= 0.6 is 0 Å². The zero-order valence-corrected chi connectivity index (χ0v) is 15.7. The minimum Gasteiger partial charge on any atom is -0.299 e. The lowest BCUT2D eigenvalue weighted by Crippen LogP contribution is -2.46. The highest BCUT2D eigenvalue weighted by atomic mass is 19.2. The van der Waals surface area contributed by atoms with Gasteiger partial charge in [0.05, 0.1) is 0 Å². The van der Waals surface area contributed by atoms with Crippen molar-refractivity contribution in [3.63, 3.8) is 0 Å². The number of likely N-dealkylation sites (tertiary alicyclic amines) is 1. The molecule has 0 bridgehead atoms. The zero-order chi connectivity index (χ0) is 20.5. The number of nitrogens with zero attached hydrogens (tertiary/aromatic N) is 1. The largest absolute Gasteiger partial charge is 0.299 e. The number of rotatable bonds is 4. The van der Waals surface area contributed by atoms with Crippen molar-refractivity contribution in [3.05, 3.63) is 70.5 Å². The van der Waals surface area contributed by atoms with Gasteiger partial charge < -0.3 is 0 Å². The highest BCUT2D eigenvalue weighted by molar-refractivity contribution is 5.26. The number of benzene rings is 2. The third-order valence-electron chi connectivity index (χ3n) is 5.95. The van der Waals surface area contributed by atoms with Gasteiger partial charge in [-0.25, -0.2) is 22.0 Å². The van der Waals surface area contributed by atoms with Crippen LogP contribution in [0.3, 0.4) is 0 Å². The number of hydrazine groups is 1. The topological polar surface area (TPSA) is 27.3 Å². The normalized spacial score (nSPS) is 25.5. The highest BCUT2D eigenvalue weighted by Gasteiger charge is 2.38. The van der Waals surface area contributed by atoms with Crippen molar-refractivity contribution in [2.45, 2.75) is 31.3 Å². The molecule has 0 amide bonds. The first-order valence-electron chi connectivity index (χ1n) is 9.72. The molecule has 2 N–H and O–H groups in total. The van der Waals surface area contributed by atoms with E-state index >= 15 is 0 Å². The Kier molecular flexibility index (Phi) is 5.85. The fraction of sp³-hybridized carbons (Fsp3) is 0.429. The van der Waals surface area contributed by atoms with Gasteiger partial charge in [-0.1, -0.05) is 0 Å². The molecule has 3 unspecified atom stereocenters. The molecule has 2 fully saturated rings. The molecule has 2 aliphatic heterocycles. The average Bonchev–Trinajstić information content (AvgIpc) is 3.20. The molecule has 0 aromatic heterocycles. The van der Waals surface area contributed by atoms with Crippen LogP contribution in [-0.2, 0) is 6.54 Å². The molecule has 3 atom stereocenters. The maximum Gasteiger partial charge on any atom is 0.166 e. The second kappa shape index (κ2) is 8.38. The first-order chi connectivity index (χ1) is 13.9. The molecule has 0 aliphatic carbocycles. The van der Waals surface area contributed by atoms with Crippen LogP contribution in [0.5, 0.6) is 0 Å². The van der Waals surface area contributed by atoms with E-state index in [-0.39, 0.29) is 30.0 Å². The smallest absolute Gasteiger partial charge is 0.166 e. The van der Waals surface area contributed by atoms with Gasteiger partial charge in [0.2, 0.25) is 0 Å². The van der Waals surface area contributed by atoms with E-state index in [0.717, 1.165) is 37.1 Å². The quantitative estimate of drug-likeness (QED) is 0.591. The molecule has 29 heavy (non-hydrogen) atoms. The van der Waals surface area contributed by atoms with E-state index in [1.54, 1.807) is 0 Å². The number of nitrogens with one attached hydrogen (secondary N) is 2. The van der Waals surface area contributed by atoms with E-state index in [1.165, 1.54) is 6.07 Å². The van der Waals surface area contributed by atoms with E-state index in [2.05, 4.69) is 10.9 Å². The number of piperidine rings is 1. The van der Waals surface area contributed by atoms with Crippen LogP contribution in [0.15, 0.2) is 30.3 Å². The van der Waals surface area contributed by atoms with Crippen molar-refractivity contribution >= 4 is 0 Å². The summed E-state index contributed by atoms with van der Waals surface area (Å²) in [5, 5.41) is 0. The van der Waals surface area contributed by atoms with Gasteiger partial charge in [-0.2, -0.15) is 0 Å². The van der Waals surface area contributed by atoms with Crippen molar-refractivity contribution in [1.29, 1.82) is 0 Å². The Morgan fingerprint density at radius 3 is 2.55 bits per heavy atom. The van der Waals surface area contributed by atoms with Crippen molar-refractivity contribution in [3.8, 4) is 0 Å². The maximum absolute atomic E-state index is 14.3. The fourth-order valence-corrected chi connectivity index (χ4v) is 4.53. The van der Waals surface area contributed by atoms with Crippen molar-refractivity contribution in [2.75, 3.05) is 19.6 Å². The number of halogens is 5. The summed E-state index contributed by atoms with van der Waals surface area (Å²) in [5.74, 6) is -4.15. The van der Waals surface area contributed by atoms with E-state index in [0.29, 0.717) is 25.2 Å². The summed E-state index contributed by atoms with van der Waals surface area (Å²) in [5.41, 5.74) is 6.22. The fourth-order valence-electron chi connectivity index (χ4n) is 4.53. The van der Waals surface area contributed by atoms with Gasteiger partial charge in [0.1, 0.15) is 17.5 Å². The van der Waals surface area contributed by atoms with Crippen LogP contribution < -0.4 is 10.9 Å². The second-order valence-electron chi connectivity index (χ2n) is 7.78. The lowest BCUT2D eigenvalue weighted by molar-refractivity contribution is 0.136. The van der Waals surface area contributed by atoms with Gasteiger partial charge in [-0.05, 0) is 61.2 Å². The standard InChI is InChI=1S/C21H22F5N3/c22-13-3-4-17(23)14(8-13)15-9-27-28-21(15)12-2-1-7-29(10-12)11-16-18(24)5-6-19(25)20(16)26/h3-6,8,12,15,21,27-28H,1-2,7,9-11H2. The van der Waals surface area contributed by atoms with Crippen molar-refractivity contribution in [2.24, 2.45) is 5.92 Å². The number of hydrogen-bond donors (Lipinski definition) is 2. The second-order valence-corrected chi connectivity index (χ2v) is 7.78. The molecular formula is C21H22F5N3. The molecule has 2 aromatic carbocycles. The van der Waals surface area contributed by atoms with Crippen LogP contribution in [0.4, 0.5) is 22.0 Å². The molecule has 3 nitrogen and oxygen atoms in total. The van der Waals surface area contributed by atoms with Crippen LogP contribution in [-0.4, -0.2) is 30.6 Å². The van der Waals surface area contributed by atoms with E-state index < -0.39 is 29.1 Å². The predicted octanol–water partition coefficient (Wildman–Crippen LogP) is 3.85. The summed E-state index contributed by atoms with van der Waals surface area (Å²) in [6.45, 7) is 1.56. The number of hydrogen-bond acceptors (Lipinski definition) is 3. The minimum absolute atomic E-state index is 0.0366. The lowest BCUT2D eigenvalue weighted by atomic mass is 9.81. The van der Waals surface area contributed by atoms with Crippen LogP contribution in [0.1, 0.15) is 29.9 Å². The summed E-state index contributed by atoms with van der Waals surface area (Å²) in [4.78, 5) is 1.88. The molecule has 156 valence electrons. The van der Waals surface area contributed by atoms with Gasteiger partial charge in [0.15, 0.2) is 11.6 Å². The van der Waals surface area contributed by atoms with E-state index in [1.807, 2.05) is 4.90 Å². The Balaban J connectivity index is 1.51. The van der Waals surface area contributed by atoms with Gasteiger partial charge in [-0.3, -0.25) is 15.8 Å². The Hall–Kier alpha value is -2.03. The van der Waals surface area contributed by atoms with Gasteiger partial charge in [0.25, 0.3) is 0 Å². The van der Waals surface area contributed by atoms with Crippen LogP contribution in [0.25, 0.3) is 0 Å². The van der Waals surface area contributed by atoms with Crippen molar-refractivity contribution < 1.29 is 22.0 Å². The monoisotopic (exact) mass is 411 g/mol. The summed E-state index contributed by atoms with van der Waals surface area (Å²) >= 11 is 0. The lowest BCUT2D eigenvalue weighted by Gasteiger charge is -2.37. The van der Waals surface area contributed by atoms with Crippen molar-refractivity contribution in [1.82, 2.24) is 15.8 Å². The molecule has 2 saturated heterocycles. The molecule has 8 heteroatoms. The summed E-state index contributed by atoms with van der Waals surface area (Å²) in [6.07, 6.45) is 1.64. The molecule has 0 spiro atoms. The zero-order valence-electron chi connectivity index (χ0n) is 15.7. The van der Waals surface area contributed by atoms with Crippen LogP contribution in [0.2, 0.25) is 0 Å². The van der Waals surface area contributed by atoms with E-state index in [4.69, 9.17) is 0 Å². The van der Waals surface area contributed by atoms with Gasteiger partial charge >= 0.3 is 0 Å². The summed E-state index contributed by atoms with van der Waals surface area (Å²) < 4.78 is 69.5. The SMILES string of the molecule is Fc1ccc(F)c(C2CNNC2C2CCCN(Cc3c(F)ccc(F)c3F)C2)c1. The molecule has 2 aromatic rings. The molecule has 2 heterocycles. The summed E-state index contributed by atoms with van der Waals surface area (Å²) in [6, 6.07) is 4.99. The Morgan fingerprint density at radius 1 is 0.966 bits per heavy atom. The Morgan fingerprint density at radius 2 is 1.72 bits per heavy atom. The van der Waals surface area contributed by atoms with Crippen LogP contribution in [0, 0.1) is 35.0 Å². The Bertz CT molecular complexity index is 891. The van der Waals surface area contributed by atoms with Gasteiger partial charge in [-0.15, -0.1) is 0 Å². The molecule has 2 aliphatic rings. The highest BCUT2D eigenvalue weighted by Crippen LogP contribution is 2.33. The van der Waals surface area contributed by atoms with Gasteiger partial charge in [0, 0.05) is 37.2 Å². The summed E-state index contributed by atoms with van der Waals surface area (Å²) in [7, 11) is 0. The predicted molar refractivity (Wildman–Crippen MR) is 98.3 cm³/mol. The first-order valence-corrected chi connectivity index (χ1v) is 9.72. The maximum atomic E-state index is 14.3. The third-order valence-corrected chi connectivity index (χ3v) is 5.95. The van der Waals surface area contributed by atoms with E-state index in [9.17, 15) is 22.0 Å². The Labute approximate surface area is 165 Å². The molecule has 0 saturated carbocycles. The molecule has 4 rings (SSSR count). The third kappa shape index (κ3) is 4.15. The molecular weight excluding hydrogens is 389 g/mol. The first kappa shape index (κ1) is 20.3. The molecule has 0 radical (unpaired) electrons. The minimum atomic E-state index is -1.16.